The maximum atomic E-state index is 13.6. The summed E-state index contributed by atoms with van der Waals surface area (Å²) in [5.41, 5.74) is 3.91. The van der Waals surface area contributed by atoms with Crippen LogP contribution >= 0.6 is 24.8 Å². The van der Waals surface area contributed by atoms with E-state index in [0.29, 0.717) is 44.6 Å². The summed E-state index contributed by atoms with van der Waals surface area (Å²) in [6.07, 6.45) is 4.07. The number of hydrogen-bond acceptors (Lipinski definition) is 6. The molecule has 0 aliphatic carbocycles. The van der Waals surface area contributed by atoms with Crippen LogP contribution in [0.25, 0.3) is 5.69 Å². The SMILES string of the molecule is CCCCN1C(=O)[C@@H]([C@H](O)C(C)C)NC(=O)C12CCN(Cc1c(C)nn(-c3ccc(C(=O)N4CCCC4)cc3)c1C)CC2.Cl.Cl. The van der Waals surface area contributed by atoms with Gasteiger partial charge in [-0.1, -0.05) is 27.2 Å². The van der Waals surface area contributed by atoms with E-state index in [9.17, 15) is 19.5 Å². The predicted octanol–water partition coefficient (Wildman–Crippen LogP) is 4.05. The molecule has 3 amide bonds. The molecule has 1 aromatic heterocycles. The van der Waals surface area contributed by atoms with Crippen molar-refractivity contribution in [2.45, 2.75) is 97.4 Å². The third-order valence-electron chi connectivity index (χ3n) is 9.78. The number of piperidine rings is 1. The lowest BCUT2D eigenvalue weighted by Crippen LogP contribution is -2.74. The van der Waals surface area contributed by atoms with Gasteiger partial charge >= 0.3 is 0 Å². The molecule has 1 spiro atoms. The molecule has 45 heavy (non-hydrogen) atoms. The van der Waals surface area contributed by atoms with Crippen molar-refractivity contribution < 1.29 is 19.5 Å². The largest absolute Gasteiger partial charge is 0.390 e. The molecular weight excluding hydrogens is 615 g/mol. The number of aryl methyl sites for hydroxylation is 1. The Morgan fingerprint density at radius 1 is 1.04 bits per heavy atom. The van der Waals surface area contributed by atoms with Crippen molar-refractivity contribution in [2.75, 3.05) is 32.7 Å². The summed E-state index contributed by atoms with van der Waals surface area (Å²) in [5, 5.41) is 18.5. The van der Waals surface area contributed by atoms with Crippen molar-refractivity contribution in [3.63, 3.8) is 0 Å². The van der Waals surface area contributed by atoms with Crippen LogP contribution in [0.15, 0.2) is 24.3 Å². The summed E-state index contributed by atoms with van der Waals surface area (Å²) in [7, 11) is 0. The molecule has 0 bridgehead atoms. The first kappa shape index (κ1) is 36.8. The Bertz CT molecular complexity index is 1330. The van der Waals surface area contributed by atoms with E-state index in [4.69, 9.17) is 5.10 Å². The summed E-state index contributed by atoms with van der Waals surface area (Å²) >= 11 is 0. The van der Waals surface area contributed by atoms with Gasteiger partial charge in [0.05, 0.1) is 17.5 Å². The quantitative estimate of drug-likeness (QED) is 0.419. The fourth-order valence-electron chi connectivity index (χ4n) is 6.90. The van der Waals surface area contributed by atoms with E-state index < -0.39 is 17.7 Å². The van der Waals surface area contributed by atoms with Gasteiger partial charge in [0.1, 0.15) is 11.6 Å². The second kappa shape index (κ2) is 15.3. The summed E-state index contributed by atoms with van der Waals surface area (Å²) in [5.74, 6) is -0.349. The third-order valence-corrected chi connectivity index (χ3v) is 9.78. The van der Waals surface area contributed by atoms with Crippen LogP contribution in [-0.4, -0.2) is 97.7 Å². The van der Waals surface area contributed by atoms with Crippen molar-refractivity contribution in [2.24, 2.45) is 5.92 Å². The molecular formula is C33H50Cl2N6O4. The zero-order chi connectivity index (χ0) is 30.9. The molecule has 250 valence electrons. The molecule has 3 aliphatic rings. The van der Waals surface area contributed by atoms with Crippen LogP contribution in [0.3, 0.4) is 0 Å². The first-order valence-electron chi connectivity index (χ1n) is 16.0. The van der Waals surface area contributed by atoms with Crippen LogP contribution in [0, 0.1) is 19.8 Å². The Labute approximate surface area is 279 Å². The molecule has 2 N–H and O–H groups in total. The molecule has 1 aromatic carbocycles. The third kappa shape index (κ3) is 7.19. The van der Waals surface area contributed by atoms with Gasteiger partial charge in [-0.2, -0.15) is 5.10 Å². The zero-order valence-corrected chi connectivity index (χ0v) is 28.9. The van der Waals surface area contributed by atoms with Gasteiger partial charge in [-0.3, -0.25) is 19.3 Å². The smallest absolute Gasteiger partial charge is 0.253 e. The average molecular weight is 666 g/mol. The van der Waals surface area contributed by atoms with Crippen LogP contribution in [0.5, 0.6) is 0 Å². The van der Waals surface area contributed by atoms with Gasteiger partial charge in [-0.05, 0) is 76.1 Å². The van der Waals surface area contributed by atoms with E-state index in [2.05, 4.69) is 24.1 Å². The van der Waals surface area contributed by atoms with E-state index in [1.54, 1.807) is 4.90 Å². The zero-order valence-electron chi connectivity index (χ0n) is 27.3. The van der Waals surface area contributed by atoms with Crippen molar-refractivity contribution in [3.8, 4) is 5.69 Å². The van der Waals surface area contributed by atoms with E-state index in [0.717, 1.165) is 61.4 Å². The lowest BCUT2D eigenvalue weighted by Gasteiger charge is -2.52. The standard InChI is InChI=1S/C33H48N6O4.2ClH/c1-6-7-18-38-31(42)28(29(40)22(2)3)34-32(43)33(38)14-19-36(20-15-33)21-27-23(4)35-39(24(27)5)26-12-10-25(11-13-26)30(41)37-16-8-9-17-37;;/h10-13,22,28-29,40H,6-9,14-21H2,1-5H3,(H,34,43);2*1H/t28-,29-;;/m1../s1. The monoisotopic (exact) mass is 664 g/mol. The fraction of sp³-hybridized carbons (Fsp3) is 0.636. The molecule has 5 rings (SSSR count). The van der Waals surface area contributed by atoms with E-state index in [-0.39, 0.29) is 48.5 Å². The molecule has 3 fully saturated rings. The van der Waals surface area contributed by atoms with Gasteiger partial charge in [-0.25, -0.2) is 4.68 Å². The summed E-state index contributed by atoms with van der Waals surface area (Å²) in [4.78, 5) is 46.1. The van der Waals surface area contributed by atoms with Crippen molar-refractivity contribution in [3.05, 3.63) is 46.8 Å². The number of aliphatic hydroxyl groups excluding tert-OH is 1. The Morgan fingerprint density at radius 3 is 2.24 bits per heavy atom. The Morgan fingerprint density at radius 2 is 1.67 bits per heavy atom. The second-order valence-electron chi connectivity index (χ2n) is 12.9. The topological polar surface area (TPSA) is 111 Å². The number of likely N-dealkylation sites (tertiary alicyclic amines) is 2. The number of unbranched alkanes of at least 4 members (excludes halogenated alkanes) is 1. The lowest BCUT2D eigenvalue weighted by molar-refractivity contribution is -0.165. The number of carbonyl (C=O) groups is 3. The van der Waals surface area contributed by atoms with Crippen LogP contribution in [0.2, 0.25) is 0 Å². The molecule has 2 atom stereocenters. The van der Waals surface area contributed by atoms with Crippen molar-refractivity contribution in [1.82, 2.24) is 29.8 Å². The highest BCUT2D eigenvalue weighted by Crippen LogP contribution is 2.35. The minimum absolute atomic E-state index is 0. The highest BCUT2D eigenvalue weighted by atomic mass is 35.5. The molecule has 3 saturated heterocycles. The summed E-state index contributed by atoms with van der Waals surface area (Å²) in [6, 6.07) is 6.81. The number of nitrogens with zero attached hydrogens (tertiary/aromatic N) is 5. The predicted molar refractivity (Wildman–Crippen MR) is 179 cm³/mol. The van der Waals surface area contributed by atoms with E-state index in [1.165, 1.54) is 0 Å². The summed E-state index contributed by atoms with van der Waals surface area (Å²) < 4.78 is 1.94. The molecule has 0 radical (unpaired) electrons. The number of benzene rings is 1. The maximum Gasteiger partial charge on any atom is 0.253 e. The second-order valence-corrected chi connectivity index (χ2v) is 12.9. The van der Waals surface area contributed by atoms with Gasteiger partial charge < -0.3 is 20.2 Å². The molecule has 3 aliphatic heterocycles. The van der Waals surface area contributed by atoms with Crippen molar-refractivity contribution in [1.29, 1.82) is 0 Å². The van der Waals surface area contributed by atoms with Crippen LogP contribution in [0.1, 0.15) is 86.6 Å². The van der Waals surface area contributed by atoms with Crippen LogP contribution in [-0.2, 0) is 16.1 Å². The summed E-state index contributed by atoms with van der Waals surface area (Å²) in [6.45, 7) is 14.2. The maximum absolute atomic E-state index is 13.6. The molecule has 4 heterocycles. The van der Waals surface area contributed by atoms with E-state index >= 15 is 0 Å². The van der Waals surface area contributed by atoms with Crippen molar-refractivity contribution >= 4 is 42.5 Å². The molecule has 10 nitrogen and oxygen atoms in total. The van der Waals surface area contributed by atoms with E-state index in [1.807, 2.05) is 54.6 Å². The Balaban J connectivity index is 0.00000276. The van der Waals surface area contributed by atoms with Gasteiger partial charge in [0.25, 0.3) is 5.91 Å². The average Bonchev–Trinajstić information content (AvgIpc) is 3.64. The molecule has 0 saturated carbocycles. The number of piperazine rings is 1. The van der Waals surface area contributed by atoms with Crippen LogP contribution < -0.4 is 5.32 Å². The number of halogens is 2. The minimum Gasteiger partial charge on any atom is -0.390 e. The molecule has 0 unspecified atom stereocenters. The molecule has 2 aromatic rings. The number of amides is 3. The van der Waals surface area contributed by atoms with Gasteiger partial charge in [0, 0.05) is 56.1 Å². The number of aliphatic hydroxyl groups is 1. The van der Waals surface area contributed by atoms with Gasteiger partial charge in [-0.15, -0.1) is 24.8 Å². The highest BCUT2D eigenvalue weighted by Gasteiger charge is 2.54. The number of nitrogens with one attached hydrogen (secondary N) is 1. The lowest BCUT2D eigenvalue weighted by atomic mass is 9.80. The highest BCUT2D eigenvalue weighted by molar-refractivity contribution is 6.00. The first-order chi connectivity index (χ1) is 20.6. The van der Waals surface area contributed by atoms with Gasteiger partial charge in [0.15, 0.2) is 0 Å². The Kier molecular flexibility index (Phi) is 12.5. The molecule has 12 heteroatoms. The normalized spacial score (nSPS) is 20.6. The number of hydrogen-bond donors (Lipinski definition) is 2. The number of rotatable bonds is 9. The Hall–Kier alpha value is -2.66. The minimum atomic E-state index is -0.915. The number of carbonyl (C=O) groups excluding carboxylic acids is 3. The van der Waals surface area contributed by atoms with Gasteiger partial charge in [0.2, 0.25) is 11.8 Å². The fourth-order valence-corrected chi connectivity index (χ4v) is 6.90. The first-order valence-corrected chi connectivity index (χ1v) is 16.0. The number of aromatic nitrogens is 2. The van der Waals surface area contributed by atoms with Crippen LogP contribution in [0.4, 0.5) is 0 Å².